The lowest BCUT2D eigenvalue weighted by Gasteiger charge is -2.19. The Morgan fingerprint density at radius 1 is 1.71 bits per heavy atom. The highest BCUT2D eigenvalue weighted by Gasteiger charge is 2.28. The SMILES string of the molecule is CCN1CCCC1c1nc(CN)co1. The van der Waals surface area contributed by atoms with Gasteiger partial charge in [0.05, 0.1) is 11.7 Å². The van der Waals surface area contributed by atoms with Crippen molar-refractivity contribution in [2.24, 2.45) is 5.73 Å². The lowest BCUT2D eigenvalue weighted by molar-refractivity contribution is 0.233. The first kappa shape index (κ1) is 9.68. The average molecular weight is 195 g/mol. The van der Waals surface area contributed by atoms with E-state index in [1.165, 1.54) is 6.42 Å². The molecule has 4 heteroatoms. The first-order valence-corrected chi connectivity index (χ1v) is 5.23. The van der Waals surface area contributed by atoms with Crippen molar-refractivity contribution in [2.45, 2.75) is 32.4 Å². The molecule has 2 heterocycles. The smallest absolute Gasteiger partial charge is 0.211 e. The predicted molar refractivity (Wildman–Crippen MR) is 53.6 cm³/mol. The minimum Gasteiger partial charge on any atom is -0.447 e. The van der Waals surface area contributed by atoms with Gasteiger partial charge in [-0.2, -0.15) is 0 Å². The summed E-state index contributed by atoms with van der Waals surface area (Å²) in [5.74, 6) is 0.838. The molecule has 1 aromatic heterocycles. The summed E-state index contributed by atoms with van der Waals surface area (Å²) in [6.07, 6.45) is 4.05. The van der Waals surface area contributed by atoms with E-state index in [1.54, 1.807) is 6.26 Å². The van der Waals surface area contributed by atoms with E-state index in [4.69, 9.17) is 10.2 Å². The van der Waals surface area contributed by atoms with Gasteiger partial charge in [-0.05, 0) is 25.9 Å². The molecule has 0 aliphatic carbocycles. The van der Waals surface area contributed by atoms with Crippen LogP contribution in [0.5, 0.6) is 0 Å². The van der Waals surface area contributed by atoms with Gasteiger partial charge in [0, 0.05) is 6.54 Å². The summed E-state index contributed by atoms with van der Waals surface area (Å²) in [6, 6.07) is 0.375. The molecule has 0 amide bonds. The zero-order valence-corrected chi connectivity index (χ0v) is 8.57. The van der Waals surface area contributed by atoms with E-state index in [1.807, 2.05) is 0 Å². The summed E-state index contributed by atoms with van der Waals surface area (Å²) < 4.78 is 5.44. The summed E-state index contributed by atoms with van der Waals surface area (Å²) in [7, 11) is 0. The highest BCUT2D eigenvalue weighted by atomic mass is 16.3. The van der Waals surface area contributed by atoms with Crippen molar-refractivity contribution >= 4 is 0 Å². The highest BCUT2D eigenvalue weighted by molar-refractivity contribution is 5.01. The van der Waals surface area contributed by atoms with Crippen molar-refractivity contribution in [3.05, 3.63) is 17.8 Å². The quantitative estimate of drug-likeness (QED) is 0.789. The van der Waals surface area contributed by atoms with Crippen molar-refractivity contribution in [3.63, 3.8) is 0 Å². The molecule has 1 aromatic rings. The van der Waals surface area contributed by atoms with E-state index in [0.717, 1.165) is 31.1 Å². The number of nitrogens with two attached hydrogens (primary N) is 1. The van der Waals surface area contributed by atoms with Crippen molar-refractivity contribution in [1.29, 1.82) is 0 Å². The molecule has 0 spiro atoms. The Bertz CT molecular complexity index is 297. The predicted octanol–water partition coefficient (Wildman–Crippen LogP) is 1.29. The maximum Gasteiger partial charge on any atom is 0.211 e. The zero-order chi connectivity index (χ0) is 9.97. The van der Waals surface area contributed by atoms with Crippen molar-refractivity contribution < 1.29 is 4.42 Å². The van der Waals surface area contributed by atoms with E-state index in [0.29, 0.717) is 12.6 Å². The number of oxazole rings is 1. The number of rotatable bonds is 3. The molecule has 1 saturated heterocycles. The monoisotopic (exact) mass is 195 g/mol. The van der Waals surface area contributed by atoms with Gasteiger partial charge in [-0.15, -0.1) is 0 Å². The van der Waals surface area contributed by atoms with E-state index >= 15 is 0 Å². The van der Waals surface area contributed by atoms with Crippen molar-refractivity contribution in [1.82, 2.24) is 9.88 Å². The average Bonchev–Trinajstić information content (AvgIpc) is 2.85. The van der Waals surface area contributed by atoms with Gasteiger partial charge in [-0.1, -0.05) is 6.92 Å². The molecule has 1 unspecified atom stereocenters. The summed E-state index contributed by atoms with van der Waals surface area (Å²) in [4.78, 5) is 6.77. The van der Waals surface area contributed by atoms with Crippen LogP contribution in [-0.2, 0) is 6.54 Å². The fourth-order valence-corrected chi connectivity index (χ4v) is 2.05. The first-order chi connectivity index (χ1) is 6.85. The van der Waals surface area contributed by atoms with Crippen LogP contribution in [0.25, 0.3) is 0 Å². The summed E-state index contributed by atoms with van der Waals surface area (Å²) in [5, 5.41) is 0. The van der Waals surface area contributed by atoms with Crippen LogP contribution in [0.15, 0.2) is 10.7 Å². The maximum atomic E-state index is 5.49. The number of nitrogens with zero attached hydrogens (tertiary/aromatic N) is 2. The molecule has 1 aliphatic heterocycles. The van der Waals surface area contributed by atoms with Crippen LogP contribution in [0.4, 0.5) is 0 Å². The lowest BCUT2D eigenvalue weighted by atomic mass is 10.2. The molecule has 1 aliphatic rings. The molecular formula is C10H17N3O. The van der Waals surface area contributed by atoms with Gasteiger partial charge in [0.15, 0.2) is 0 Å². The molecule has 78 valence electrons. The Balaban J connectivity index is 2.13. The van der Waals surface area contributed by atoms with Crippen LogP contribution in [0.2, 0.25) is 0 Å². The number of aromatic nitrogens is 1. The Morgan fingerprint density at radius 3 is 3.21 bits per heavy atom. The summed E-state index contributed by atoms with van der Waals surface area (Å²) in [5.41, 5.74) is 6.34. The topological polar surface area (TPSA) is 55.3 Å². The van der Waals surface area contributed by atoms with Crippen LogP contribution in [0.1, 0.15) is 37.4 Å². The third-order valence-corrected chi connectivity index (χ3v) is 2.83. The Hall–Kier alpha value is -0.870. The van der Waals surface area contributed by atoms with Gasteiger partial charge in [0.25, 0.3) is 0 Å². The lowest BCUT2D eigenvalue weighted by Crippen LogP contribution is -2.22. The van der Waals surface area contributed by atoms with E-state index in [2.05, 4.69) is 16.8 Å². The number of likely N-dealkylation sites (tertiary alicyclic amines) is 1. The van der Waals surface area contributed by atoms with Crippen LogP contribution in [0.3, 0.4) is 0 Å². The highest BCUT2D eigenvalue weighted by Crippen LogP contribution is 2.30. The maximum absolute atomic E-state index is 5.49. The van der Waals surface area contributed by atoms with Crippen LogP contribution < -0.4 is 5.73 Å². The van der Waals surface area contributed by atoms with Gasteiger partial charge >= 0.3 is 0 Å². The van der Waals surface area contributed by atoms with E-state index < -0.39 is 0 Å². The molecule has 1 atom stereocenters. The first-order valence-electron chi connectivity index (χ1n) is 5.23. The number of hydrogen-bond donors (Lipinski definition) is 1. The zero-order valence-electron chi connectivity index (χ0n) is 8.57. The van der Waals surface area contributed by atoms with Gasteiger partial charge in [-0.25, -0.2) is 4.98 Å². The third-order valence-electron chi connectivity index (χ3n) is 2.83. The minimum absolute atomic E-state index is 0.375. The van der Waals surface area contributed by atoms with Crippen LogP contribution >= 0.6 is 0 Å². The molecule has 0 aromatic carbocycles. The van der Waals surface area contributed by atoms with Crippen molar-refractivity contribution in [3.8, 4) is 0 Å². The Kier molecular flexibility index (Phi) is 2.84. The number of hydrogen-bond acceptors (Lipinski definition) is 4. The molecule has 2 rings (SSSR count). The van der Waals surface area contributed by atoms with Crippen LogP contribution in [-0.4, -0.2) is 23.0 Å². The largest absolute Gasteiger partial charge is 0.447 e. The molecule has 0 bridgehead atoms. The standard InChI is InChI=1S/C10H17N3O/c1-2-13-5-3-4-9(13)10-12-8(6-11)7-14-10/h7,9H,2-6,11H2,1H3. The van der Waals surface area contributed by atoms with Gasteiger partial charge in [0.1, 0.15) is 6.26 Å². The molecule has 2 N–H and O–H groups in total. The van der Waals surface area contributed by atoms with E-state index in [9.17, 15) is 0 Å². The van der Waals surface area contributed by atoms with E-state index in [-0.39, 0.29) is 0 Å². The second-order valence-electron chi connectivity index (χ2n) is 3.67. The molecule has 0 saturated carbocycles. The molecule has 4 nitrogen and oxygen atoms in total. The van der Waals surface area contributed by atoms with Crippen LogP contribution in [0, 0.1) is 0 Å². The minimum atomic E-state index is 0.375. The Morgan fingerprint density at radius 2 is 2.57 bits per heavy atom. The second kappa shape index (κ2) is 4.11. The van der Waals surface area contributed by atoms with Gasteiger partial charge < -0.3 is 10.2 Å². The molecular weight excluding hydrogens is 178 g/mol. The Labute approximate surface area is 84.1 Å². The summed E-state index contributed by atoms with van der Waals surface area (Å²) in [6.45, 7) is 4.85. The van der Waals surface area contributed by atoms with Crippen molar-refractivity contribution in [2.75, 3.05) is 13.1 Å². The second-order valence-corrected chi connectivity index (χ2v) is 3.67. The van der Waals surface area contributed by atoms with Gasteiger partial charge in [-0.3, -0.25) is 4.90 Å². The molecule has 1 fully saturated rings. The third kappa shape index (κ3) is 1.67. The normalized spacial score (nSPS) is 23.1. The fraction of sp³-hybridized carbons (Fsp3) is 0.700. The molecule has 0 radical (unpaired) electrons. The molecule has 14 heavy (non-hydrogen) atoms. The fourth-order valence-electron chi connectivity index (χ4n) is 2.05. The summed E-state index contributed by atoms with van der Waals surface area (Å²) >= 11 is 0. The van der Waals surface area contributed by atoms with Gasteiger partial charge in [0.2, 0.25) is 5.89 Å².